The van der Waals surface area contributed by atoms with Crippen LogP contribution in [0.2, 0.25) is 0 Å². The molecule has 0 aliphatic carbocycles. The monoisotopic (exact) mass is 286 g/mol. The molecule has 2 rings (SSSR count). The van der Waals surface area contributed by atoms with E-state index in [9.17, 15) is 12.8 Å². The number of nitrogens with two attached hydrogens (primary N) is 1. The van der Waals surface area contributed by atoms with Gasteiger partial charge in [-0.25, -0.2) is 12.8 Å². The van der Waals surface area contributed by atoms with E-state index in [1.165, 1.54) is 16.4 Å². The van der Waals surface area contributed by atoms with E-state index >= 15 is 0 Å². The highest BCUT2D eigenvalue weighted by molar-refractivity contribution is 7.89. The van der Waals surface area contributed by atoms with Crippen LogP contribution >= 0.6 is 0 Å². The second-order valence-corrected chi connectivity index (χ2v) is 7.14. The summed E-state index contributed by atoms with van der Waals surface area (Å²) in [4.78, 5) is -0.00245. The predicted molar refractivity (Wildman–Crippen MR) is 71.7 cm³/mol. The van der Waals surface area contributed by atoms with Crippen molar-refractivity contribution in [3.8, 4) is 0 Å². The normalized spacial score (nSPS) is 25.5. The van der Waals surface area contributed by atoms with Gasteiger partial charge in [0.25, 0.3) is 0 Å². The van der Waals surface area contributed by atoms with Gasteiger partial charge >= 0.3 is 0 Å². The maximum Gasteiger partial charge on any atom is 0.243 e. The zero-order valence-electron chi connectivity index (χ0n) is 11.1. The van der Waals surface area contributed by atoms with Crippen LogP contribution in [-0.2, 0) is 10.0 Å². The number of hydrogen-bond acceptors (Lipinski definition) is 3. The Labute approximate surface area is 113 Å². The van der Waals surface area contributed by atoms with Crippen molar-refractivity contribution in [2.45, 2.75) is 31.2 Å². The van der Waals surface area contributed by atoms with Gasteiger partial charge in [-0.3, -0.25) is 0 Å². The number of rotatable bonds is 2. The summed E-state index contributed by atoms with van der Waals surface area (Å²) in [6.45, 7) is 4.34. The molecule has 0 radical (unpaired) electrons. The van der Waals surface area contributed by atoms with Crippen molar-refractivity contribution < 1.29 is 12.8 Å². The van der Waals surface area contributed by atoms with Gasteiger partial charge < -0.3 is 5.73 Å². The zero-order chi connectivity index (χ0) is 14.2. The number of halogens is 1. The first-order valence-electron chi connectivity index (χ1n) is 6.34. The molecule has 0 amide bonds. The van der Waals surface area contributed by atoms with Crippen molar-refractivity contribution in [2.24, 2.45) is 11.7 Å². The molecule has 1 aromatic rings. The molecule has 6 heteroatoms. The third-order valence-corrected chi connectivity index (χ3v) is 5.62. The van der Waals surface area contributed by atoms with Crippen LogP contribution in [0.1, 0.15) is 18.9 Å². The Hall–Kier alpha value is -0.980. The summed E-state index contributed by atoms with van der Waals surface area (Å²) >= 11 is 0. The molecule has 106 valence electrons. The average Bonchev–Trinajstić information content (AvgIpc) is 2.35. The maximum atomic E-state index is 13.5. The Bertz CT molecular complexity index is 574. The molecule has 2 atom stereocenters. The van der Waals surface area contributed by atoms with Crippen molar-refractivity contribution in [1.82, 2.24) is 4.31 Å². The number of hydrogen-bond donors (Lipinski definition) is 1. The van der Waals surface area contributed by atoms with Crippen LogP contribution in [0.15, 0.2) is 23.1 Å². The summed E-state index contributed by atoms with van der Waals surface area (Å²) in [5.41, 5.74) is 6.35. The molecule has 2 unspecified atom stereocenters. The van der Waals surface area contributed by atoms with E-state index in [-0.39, 0.29) is 10.9 Å². The molecule has 4 nitrogen and oxygen atoms in total. The fraction of sp³-hybridized carbons (Fsp3) is 0.538. The molecule has 1 saturated heterocycles. The first kappa shape index (κ1) is 14.4. The van der Waals surface area contributed by atoms with Crippen LogP contribution in [0.25, 0.3) is 0 Å². The largest absolute Gasteiger partial charge is 0.326 e. The molecule has 1 aliphatic rings. The van der Waals surface area contributed by atoms with E-state index in [1.54, 1.807) is 6.92 Å². The standard InChI is InChI=1S/C13H19FN2O2S/c1-9-3-4-11(7-12(9)14)19(17,18)16-6-5-10(2)13(15)8-16/h3-4,7,10,13H,5-6,8,15H2,1-2H3. The summed E-state index contributed by atoms with van der Waals surface area (Å²) in [5.74, 6) is -0.197. The summed E-state index contributed by atoms with van der Waals surface area (Å²) in [7, 11) is -3.64. The molecular formula is C13H19FN2O2S. The Kier molecular flexibility index (Phi) is 3.94. The third-order valence-electron chi connectivity index (χ3n) is 3.76. The van der Waals surface area contributed by atoms with E-state index in [2.05, 4.69) is 0 Å². The van der Waals surface area contributed by atoms with Crippen LogP contribution in [-0.4, -0.2) is 31.9 Å². The summed E-state index contributed by atoms with van der Waals surface area (Å²) < 4.78 is 39.7. The average molecular weight is 286 g/mol. The van der Waals surface area contributed by atoms with Gasteiger partial charge in [-0.1, -0.05) is 13.0 Å². The van der Waals surface area contributed by atoms with Crippen LogP contribution in [0.5, 0.6) is 0 Å². The molecule has 2 N–H and O–H groups in total. The smallest absolute Gasteiger partial charge is 0.243 e. The number of nitrogens with zero attached hydrogens (tertiary/aromatic N) is 1. The predicted octanol–water partition coefficient (Wildman–Crippen LogP) is 1.49. The molecule has 0 aromatic heterocycles. The lowest BCUT2D eigenvalue weighted by Gasteiger charge is -2.34. The lowest BCUT2D eigenvalue weighted by molar-refractivity contribution is 0.253. The van der Waals surface area contributed by atoms with Crippen LogP contribution in [0.3, 0.4) is 0 Å². The van der Waals surface area contributed by atoms with Gasteiger partial charge in [-0.2, -0.15) is 4.31 Å². The highest BCUT2D eigenvalue weighted by Crippen LogP contribution is 2.24. The maximum absolute atomic E-state index is 13.5. The van der Waals surface area contributed by atoms with Gasteiger partial charge in [0.1, 0.15) is 5.82 Å². The molecular weight excluding hydrogens is 267 g/mol. The van der Waals surface area contributed by atoms with Crippen LogP contribution in [0, 0.1) is 18.7 Å². The molecule has 0 saturated carbocycles. The fourth-order valence-electron chi connectivity index (χ4n) is 2.17. The molecule has 1 aliphatic heterocycles. The van der Waals surface area contributed by atoms with Gasteiger partial charge in [0.15, 0.2) is 0 Å². The Morgan fingerprint density at radius 3 is 2.68 bits per heavy atom. The minimum absolute atomic E-state index is 0.00245. The van der Waals surface area contributed by atoms with Crippen molar-refractivity contribution in [2.75, 3.05) is 13.1 Å². The van der Waals surface area contributed by atoms with E-state index in [4.69, 9.17) is 5.73 Å². The van der Waals surface area contributed by atoms with Crippen molar-refractivity contribution in [3.05, 3.63) is 29.6 Å². The Balaban J connectivity index is 2.29. The van der Waals surface area contributed by atoms with Gasteiger partial charge in [-0.05, 0) is 37.0 Å². The first-order chi connectivity index (χ1) is 8.82. The van der Waals surface area contributed by atoms with Crippen molar-refractivity contribution >= 4 is 10.0 Å². The van der Waals surface area contributed by atoms with Crippen molar-refractivity contribution in [1.29, 1.82) is 0 Å². The van der Waals surface area contributed by atoms with Gasteiger partial charge in [-0.15, -0.1) is 0 Å². The van der Waals surface area contributed by atoms with E-state index in [0.29, 0.717) is 24.6 Å². The fourth-order valence-corrected chi connectivity index (χ4v) is 3.67. The Morgan fingerprint density at radius 2 is 2.11 bits per heavy atom. The SMILES string of the molecule is Cc1ccc(S(=O)(=O)N2CCC(C)C(N)C2)cc1F. The van der Waals surface area contributed by atoms with Crippen LogP contribution < -0.4 is 5.73 Å². The Morgan fingerprint density at radius 1 is 1.42 bits per heavy atom. The van der Waals surface area contributed by atoms with E-state index < -0.39 is 15.8 Å². The van der Waals surface area contributed by atoms with Crippen molar-refractivity contribution in [3.63, 3.8) is 0 Å². The highest BCUT2D eigenvalue weighted by Gasteiger charge is 2.32. The quantitative estimate of drug-likeness (QED) is 0.896. The van der Waals surface area contributed by atoms with Gasteiger partial charge in [0.05, 0.1) is 4.90 Å². The number of piperidine rings is 1. The lowest BCUT2D eigenvalue weighted by atomic mass is 9.96. The molecule has 0 spiro atoms. The van der Waals surface area contributed by atoms with Gasteiger partial charge in [0.2, 0.25) is 10.0 Å². The summed E-state index contributed by atoms with van der Waals surface area (Å²) in [6, 6.07) is 3.83. The van der Waals surface area contributed by atoms with E-state index in [1.807, 2.05) is 6.92 Å². The zero-order valence-corrected chi connectivity index (χ0v) is 12.0. The molecule has 0 bridgehead atoms. The van der Waals surface area contributed by atoms with Gasteiger partial charge in [0, 0.05) is 19.1 Å². The minimum atomic E-state index is -3.64. The number of sulfonamides is 1. The minimum Gasteiger partial charge on any atom is -0.326 e. The topological polar surface area (TPSA) is 63.4 Å². The second kappa shape index (κ2) is 5.19. The lowest BCUT2D eigenvalue weighted by Crippen LogP contribution is -2.49. The first-order valence-corrected chi connectivity index (χ1v) is 7.78. The molecule has 1 fully saturated rings. The molecule has 19 heavy (non-hydrogen) atoms. The highest BCUT2D eigenvalue weighted by atomic mass is 32.2. The molecule has 1 aromatic carbocycles. The molecule has 1 heterocycles. The number of aryl methyl sites for hydroxylation is 1. The van der Waals surface area contributed by atoms with E-state index in [0.717, 1.165) is 12.5 Å². The summed E-state index contributed by atoms with van der Waals surface area (Å²) in [5, 5.41) is 0. The third kappa shape index (κ3) is 2.80. The second-order valence-electron chi connectivity index (χ2n) is 5.20. The van der Waals surface area contributed by atoms with Crippen LogP contribution in [0.4, 0.5) is 4.39 Å². The summed E-state index contributed by atoms with van der Waals surface area (Å²) in [6.07, 6.45) is 0.731. The number of benzene rings is 1.